The van der Waals surface area contributed by atoms with E-state index in [2.05, 4.69) is 26.0 Å². The summed E-state index contributed by atoms with van der Waals surface area (Å²) in [5.41, 5.74) is 3.77. The van der Waals surface area contributed by atoms with Crippen LogP contribution in [0.4, 0.5) is 5.95 Å². The molecular formula is C28H27N7O2. The largest absolute Gasteiger partial charge is 0.488 e. The summed E-state index contributed by atoms with van der Waals surface area (Å²) in [4.78, 5) is 18.3. The van der Waals surface area contributed by atoms with Crippen molar-refractivity contribution in [2.45, 2.75) is 37.8 Å². The van der Waals surface area contributed by atoms with Crippen LogP contribution in [0.2, 0.25) is 0 Å². The maximum Gasteiger partial charge on any atom is 0.251 e. The normalized spacial score (nSPS) is 16.9. The lowest BCUT2D eigenvalue weighted by Gasteiger charge is -2.27. The van der Waals surface area contributed by atoms with Gasteiger partial charge in [0.2, 0.25) is 5.95 Å². The lowest BCUT2D eigenvalue weighted by Crippen LogP contribution is -2.25. The molecule has 37 heavy (non-hydrogen) atoms. The molecule has 2 aromatic carbocycles. The van der Waals surface area contributed by atoms with Crippen LogP contribution in [-0.4, -0.2) is 42.3 Å². The fraction of sp³-hybridized carbons (Fsp3) is 0.286. The number of aromatic nitrogens is 6. The van der Waals surface area contributed by atoms with Gasteiger partial charge < -0.3 is 14.6 Å². The average molecular weight is 494 g/mol. The predicted octanol–water partition coefficient (Wildman–Crippen LogP) is 4.61. The van der Waals surface area contributed by atoms with Gasteiger partial charge in [-0.2, -0.15) is 10.2 Å². The molecule has 9 nitrogen and oxygen atoms in total. The van der Waals surface area contributed by atoms with Crippen LogP contribution >= 0.6 is 0 Å². The Morgan fingerprint density at radius 3 is 2.70 bits per heavy atom. The summed E-state index contributed by atoms with van der Waals surface area (Å²) in [6, 6.07) is 20.3. The molecule has 4 heterocycles. The van der Waals surface area contributed by atoms with Crippen molar-refractivity contribution in [1.29, 1.82) is 0 Å². The molecule has 0 spiro atoms. The molecule has 5 aromatic rings. The Kier molecular flexibility index (Phi) is 5.27. The number of fused-ring (bicyclic) bond motifs is 3. The smallest absolute Gasteiger partial charge is 0.251 e. The summed E-state index contributed by atoms with van der Waals surface area (Å²) >= 11 is 0. The molecule has 1 fully saturated rings. The van der Waals surface area contributed by atoms with Crippen molar-refractivity contribution < 1.29 is 4.74 Å². The molecule has 1 saturated carbocycles. The van der Waals surface area contributed by atoms with Gasteiger partial charge in [0, 0.05) is 13.0 Å². The van der Waals surface area contributed by atoms with Gasteiger partial charge in [-0.05, 0) is 49.6 Å². The van der Waals surface area contributed by atoms with Crippen molar-refractivity contribution in [3.05, 3.63) is 83.3 Å². The van der Waals surface area contributed by atoms with Gasteiger partial charge in [-0.15, -0.1) is 0 Å². The van der Waals surface area contributed by atoms with Gasteiger partial charge in [-0.25, -0.2) is 9.67 Å². The van der Waals surface area contributed by atoms with Crippen LogP contribution in [0.1, 0.15) is 37.8 Å². The van der Waals surface area contributed by atoms with E-state index < -0.39 is 0 Å². The minimum atomic E-state index is -0.216. The van der Waals surface area contributed by atoms with Crippen LogP contribution in [0.5, 0.6) is 5.75 Å². The molecule has 3 aromatic heterocycles. The van der Waals surface area contributed by atoms with Crippen molar-refractivity contribution in [3.63, 3.8) is 0 Å². The highest BCUT2D eigenvalue weighted by Gasteiger charge is 2.27. The average Bonchev–Trinajstić information content (AvgIpc) is 3.61. The van der Waals surface area contributed by atoms with Gasteiger partial charge in [0.1, 0.15) is 0 Å². The van der Waals surface area contributed by atoms with Crippen LogP contribution in [0.15, 0.2) is 77.9 Å². The first-order valence-electron chi connectivity index (χ1n) is 12.8. The van der Waals surface area contributed by atoms with Crippen molar-refractivity contribution in [3.8, 4) is 22.8 Å². The number of imidazole rings is 1. The molecule has 0 bridgehead atoms. The third-order valence-electron chi connectivity index (χ3n) is 7.40. The monoisotopic (exact) mass is 493 g/mol. The highest BCUT2D eigenvalue weighted by molar-refractivity contribution is 5.79. The second-order valence-electron chi connectivity index (χ2n) is 9.67. The maximum absolute atomic E-state index is 13.6. The number of hydrogen-bond donors (Lipinski definition) is 1. The molecule has 9 heteroatoms. The zero-order valence-corrected chi connectivity index (χ0v) is 20.3. The first kappa shape index (κ1) is 21.8. The summed E-state index contributed by atoms with van der Waals surface area (Å²) in [6.45, 7) is 1.21. The second-order valence-corrected chi connectivity index (χ2v) is 9.67. The Morgan fingerprint density at radius 1 is 1.03 bits per heavy atom. The molecule has 186 valence electrons. The van der Waals surface area contributed by atoms with Crippen molar-refractivity contribution in [2.75, 3.05) is 18.5 Å². The third-order valence-corrected chi connectivity index (χ3v) is 7.40. The van der Waals surface area contributed by atoms with Gasteiger partial charge in [0.05, 0.1) is 53.5 Å². The Labute approximate surface area is 213 Å². The first-order valence-corrected chi connectivity index (χ1v) is 12.8. The molecule has 1 atom stereocenters. The van der Waals surface area contributed by atoms with E-state index in [1.54, 1.807) is 17.1 Å². The van der Waals surface area contributed by atoms with Gasteiger partial charge in [0.15, 0.2) is 11.4 Å². The van der Waals surface area contributed by atoms with Gasteiger partial charge in [-0.1, -0.05) is 30.3 Å². The minimum absolute atomic E-state index is 0.206. The van der Waals surface area contributed by atoms with Crippen LogP contribution < -0.4 is 15.5 Å². The van der Waals surface area contributed by atoms with E-state index in [4.69, 9.17) is 9.84 Å². The minimum Gasteiger partial charge on any atom is -0.488 e. The zero-order chi connectivity index (χ0) is 24.8. The van der Waals surface area contributed by atoms with Crippen molar-refractivity contribution in [2.24, 2.45) is 0 Å². The summed E-state index contributed by atoms with van der Waals surface area (Å²) < 4.78 is 12.1. The third kappa shape index (κ3) is 3.78. The number of ether oxygens (including phenoxy) is 1. The van der Waals surface area contributed by atoms with Crippen molar-refractivity contribution >= 4 is 17.0 Å². The molecule has 1 aliphatic heterocycles. The molecule has 1 N–H and O–H groups in total. The standard InChI is InChI=1S/C28H27N7O2/c36-27-25(37-16-14-21-17-29-28-31-22-11-4-5-12-23(22)34(21)28)18-33(19-9-6-10-19)32-26(27)24-13-15-30-35(24)20-7-2-1-3-8-20/h1-5,7-8,11-13,15,18-19,21H,6,9-10,14,16-17H2,(H,29,31). The molecule has 1 unspecified atom stereocenters. The fourth-order valence-corrected chi connectivity index (χ4v) is 5.23. The van der Waals surface area contributed by atoms with Crippen LogP contribution in [0.3, 0.4) is 0 Å². The second kappa shape index (κ2) is 8.92. The molecule has 2 aliphatic rings. The Hall–Kier alpha value is -4.40. The summed E-state index contributed by atoms with van der Waals surface area (Å²) in [5.74, 6) is 1.22. The maximum atomic E-state index is 13.6. The van der Waals surface area contributed by atoms with E-state index in [1.165, 1.54) is 6.42 Å². The van der Waals surface area contributed by atoms with Crippen LogP contribution in [0.25, 0.3) is 28.1 Å². The topological polar surface area (TPSA) is 91.8 Å². The van der Waals surface area contributed by atoms with Crippen LogP contribution in [-0.2, 0) is 0 Å². The number of anilines is 1. The summed E-state index contributed by atoms with van der Waals surface area (Å²) in [6.07, 6.45) is 7.51. The number of nitrogens with zero attached hydrogens (tertiary/aromatic N) is 6. The molecular weight excluding hydrogens is 466 g/mol. The molecule has 0 saturated heterocycles. The number of rotatable bonds is 7. The molecule has 7 rings (SSSR count). The van der Waals surface area contributed by atoms with Gasteiger partial charge >= 0.3 is 0 Å². The zero-order valence-electron chi connectivity index (χ0n) is 20.3. The van der Waals surface area contributed by atoms with E-state index in [-0.39, 0.29) is 17.5 Å². The van der Waals surface area contributed by atoms with E-state index in [9.17, 15) is 4.79 Å². The molecule has 0 amide bonds. The van der Waals surface area contributed by atoms with E-state index >= 15 is 0 Å². The highest BCUT2D eigenvalue weighted by Crippen LogP contribution is 2.33. The Balaban J connectivity index is 1.18. The highest BCUT2D eigenvalue weighted by atomic mass is 16.5. The van der Waals surface area contributed by atoms with Gasteiger partial charge in [0.25, 0.3) is 5.43 Å². The first-order chi connectivity index (χ1) is 18.3. The molecule has 0 radical (unpaired) electrons. The number of nitrogens with one attached hydrogen (secondary N) is 1. The summed E-state index contributed by atoms with van der Waals surface area (Å²) in [5, 5.41) is 12.6. The van der Waals surface area contributed by atoms with E-state index in [1.807, 2.05) is 59.3 Å². The number of benzene rings is 2. The van der Waals surface area contributed by atoms with E-state index in [0.29, 0.717) is 23.7 Å². The fourth-order valence-electron chi connectivity index (χ4n) is 5.23. The van der Waals surface area contributed by atoms with E-state index in [0.717, 1.165) is 48.5 Å². The summed E-state index contributed by atoms with van der Waals surface area (Å²) in [7, 11) is 0. The number of hydrogen-bond acceptors (Lipinski definition) is 6. The van der Waals surface area contributed by atoms with Crippen LogP contribution in [0, 0.1) is 0 Å². The lowest BCUT2D eigenvalue weighted by atomic mass is 9.93. The lowest BCUT2D eigenvalue weighted by molar-refractivity contribution is 0.260. The predicted molar refractivity (Wildman–Crippen MR) is 141 cm³/mol. The van der Waals surface area contributed by atoms with Crippen molar-refractivity contribution in [1.82, 2.24) is 29.1 Å². The van der Waals surface area contributed by atoms with Gasteiger partial charge in [-0.3, -0.25) is 9.48 Å². The molecule has 1 aliphatic carbocycles. The Morgan fingerprint density at radius 2 is 1.86 bits per heavy atom. The number of para-hydroxylation sites is 3. The SMILES string of the molecule is O=c1c(OCCC2CNc3nc4ccccc4n32)cn(C2CCC2)nc1-c1ccnn1-c1ccccc1. The Bertz CT molecular complexity index is 1630. The quantitative estimate of drug-likeness (QED) is 0.356.